The molecule has 34 heavy (non-hydrogen) atoms. The highest BCUT2D eigenvalue weighted by atomic mass is 32.2. The fourth-order valence-corrected chi connectivity index (χ4v) is 6.17. The van der Waals surface area contributed by atoms with Crippen molar-refractivity contribution in [1.82, 2.24) is 15.1 Å². The molecule has 3 atom stereocenters. The summed E-state index contributed by atoms with van der Waals surface area (Å²) in [6.07, 6.45) is 5.97. The van der Waals surface area contributed by atoms with Crippen LogP contribution in [0.4, 0.5) is 0 Å². The molecule has 0 bridgehead atoms. The molecule has 1 aliphatic carbocycles. The Morgan fingerprint density at radius 1 is 1.06 bits per heavy atom. The number of carbonyl (C=O) groups is 3. The quantitative estimate of drug-likeness (QED) is 0.604. The molecule has 1 aromatic carbocycles. The van der Waals surface area contributed by atoms with Crippen molar-refractivity contribution in [3.8, 4) is 0 Å². The summed E-state index contributed by atoms with van der Waals surface area (Å²) in [5.41, 5.74) is 2.94. The third kappa shape index (κ3) is 4.92. The number of ether oxygens (including phenoxy) is 1. The molecular weight excluding hydrogens is 454 g/mol. The van der Waals surface area contributed by atoms with Crippen LogP contribution in [0.3, 0.4) is 0 Å². The monoisotopic (exact) mass is 483 g/mol. The van der Waals surface area contributed by atoms with E-state index in [-0.39, 0.29) is 30.3 Å². The van der Waals surface area contributed by atoms with Gasteiger partial charge in [-0.2, -0.15) is 0 Å². The first-order valence-corrected chi connectivity index (χ1v) is 13.3. The molecule has 0 aromatic heterocycles. The van der Waals surface area contributed by atoms with Crippen LogP contribution in [0.1, 0.15) is 24.0 Å². The van der Waals surface area contributed by atoms with E-state index < -0.39 is 22.7 Å². The highest BCUT2D eigenvalue weighted by Crippen LogP contribution is 2.34. The summed E-state index contributed by atoms with van der Waals surface area (Å²) in [7, 11) is -0.664. The van der Waals surface area contributed by atoms with Crippen molar-refractivity contribution >= 4 is 28.5 Å². The molecule has 3 heterocycles. The fourth-order valence-electron chi connectivity index (χ4n) is 5.04. The first kappa shape index (κ1) is 23.1. The molecule has 3 unspecified atom stereocenters. The van der Waals surface area contributed by atoms with Gasteiger partial charge in [0.15, 0.2) is 0 Å². The number of carbonyl (C=O) groups excluding carboxylic acids is 3. The smallest absolute Gasteiger partial charge is 0.250 e. The Labute approximate surface area is 201 Å². The minimum atomic E-state index is -0.664. The second-order valence-corrected chi connectivity index (χ2v) is 11.0. The topological polar surface area (TPSA) is 96.0 Å². The fraction of sp³-hybridized carbons (Fsp3) is 0.480. The average Bonchev–Trinajstić information content (AvgIpc) is 3.17. The maximum atomic E-state index is 13.0. The number of likely N-dealkylation sites (tertiary alicyclic amines) is 1. The van der Waals surface area contributed by atoms with E-state index in [4.69, 9.17) is 4.74 Å². The Morgan fingerprint density at radius 3 is 2.53 bits per heavy atom. The van der Waals surface area contributed by atoms with Gasteiger partial charge in [-0.3, -0.25) is 28.8 Å². The van der Waals surface area contributed by atoms with Gasteiger partial charge in [-0.1, -0.05) is 42.5 Å². The van der Waals surface area contributed by atoms with E-state index in [9.17, 15) is 18.6 Å². The largest absolute Gasteiger partial charge is 0.369 e. The lowest BCUT2D eigenvalue weighted by Gasteiger charge is -2.30. The zero-order chi connectivity index (χ0) is 23.7. The van der Waals surface area contributed by atoms with Crippen LogP contribution < -0.4 is 5.32 Å². The lowest BCUT2D eigenvalue weighted by atomic mass is 9.91. The van der Waals surface area contributed by atoms with Crippen LogP contribution in [-0.4, -0.2) is 75.0 Å². The molecule has 5 rings (SSSR count). The first-order chi connectivity index (χ1) is 16.5. The SMILES string of the molecule is O=C1CCC(N2CC3C(=CC=CC3OCc3ccc(CN4CCS(=O)CC4)cc3)C2=O)C(=O)N1. The molecule has 3 saturated heterocycles. The minimum absolute atomic E-state index is 0.133. The highest BCUT2D eigenvalue weighted by Gasteiger charge is 2.45. The molecule has 4 aliphatic rings. The number of amides is 3. The third-order valence-electron chi connectivity index (χ3n) is 7.00. The molecule has 0 saturated carbocycles. The van der Waals surface area contributed by atoms with Gasteiger partial charge in [-0.05, 0) is 17.5 Å². The summed E-state index contributed by atoms with van der Waals surface area (Å²) in [5.74, 6) is 0.539. The van der Waals surface area contributed by atoms with Crippen molar-refractivity contribution in [2.24, 2.45) is 5.92 Å². The average molecular weight is 484 g/mol. The summed E-state index contributed by atoms with van der Waals surface area (Å²) in [5, 5.41) is 2.34. The van der Waals surface area contributed by atoms with Gasteiger partial charge in [0.2, 0.25) is 11.8 Å². The second-order valence-electron chi connectivity index (χ2n) is 9.25. The number of fused-ring (bicyclic) bond motifs is 1. The summed E-state index contributed by atoms with van der Waals surface area (Å²) < 4.78 is 17.7. The Morgan fingerprint density at radius 2 is 1.79 bits per heavy atom. The van der Waals surface area contributed by atoms with Crippen molar-refractivity contribution in [3.63, 3.8) is 0 Å². The molecule has 8 nitrogen and oxygen atoms in total. The Kier molecular flexibility index (Phi) is 6.76. The number of nitrogens with zero attached hydrogens (tertiary/aromatic N) is 2. The molecule has 180 valence electrons. The van der Waals surface area contributed by atoms with Crippen LogP contribution in [0.5, 0.6) is 0 Å². The normalized spacial score (nSPS) is 28.1. The number of hydrogen-bond donors (Lipinski definition) is 1. The Balaban J connectivity index is 1.17. The molecule has 0 radical (unpaired) electrons. The van der Waals surface area contributed by atoms with Crippen LogP contribution in [0.25, 0.3) is 0 Å². The Bertz CT molecular complexity index is 1060. The maximum Gasteiger partial charge on any atom is 0.250 e. The van der Waals surface area contributed by atoms with Crippen LogP contribution in [0, 0.1) is 5.92 Å². The lowest BCUT2D eigenvalue weighted by molar-refractivity contribution is -0.142. The van der Waals surface area contributed by atoms with E-state index in [1.54, 1.807) is 4.90 Å². The molecule has 3 amide bonds. The molecule has 3 fully saturated rings. The summed E-state index contributed by atoms with van der Waals surface area (Å²) in [4.78, 5) is 40.7. The minimum Gasteiger partial charge on any atom is -0.369 e. The summed E-state index contributed by atoms with van der Waals surface area (Å²) in [6, 6.07) is 7.74. The number of rotatable bonds is 6. The predicted molar refractivity (Wildman–Crippen MR) is 127 cm³/mol. The predicted octanol–water partition coefficient (Wildman–Crippen LogP) is 0.896. The van der Waals surface area contributed by atoms with Crippen molar-refractivity contribution < 1.29 is 23.3 Å². The summed E-state index contributed by atoms with van der Waals surface area (Å²) >= 11 is 0. The number of imide groups is 1. The van der Waals surface area contributed by atoms with Gasteiger partial charge in [0.25, 0.3) is 5.91 Å². The van der Waals surface area contributed by atoms with E-state index >= 15 is 0 Å². The lowest BCUT2D eigenvalue weighted by Crippen LogP contribution is -2.53. The van der Waals surface area contributed by atoms with Crippen LogP contribution in [0.2, 0.25) is 0 Å². The third-order valence-corrected chi connectivity index (χ3v) is 8.28. The molecule has 3 aliphatic heterocycles. The number of nitrogens with one attached hydrogen (secondary N) is 1. The molecular formula is C25H29N3O5S. The van der Waals surface area contributed by atoms with E-state index in [1.165, 1.54) is 5.56 Å². The van der Waals surface area contributed by atoms with Crippen LogP contribution >= 0.6 is 0 Å². The van der Waals surface area contributed by atoms with E-state index in [2.05, 4.69) is 34.5 Å². The van der Waals surface area contributed by atoms with Gasteiger partial charge in [0.1, 0.15) is 6.04 Å². The van der Waals surface area contributed by atoms with E-state index in [0.717, 1.165) is 36.7 Å². The van der Waals surface area contributed by atoms with Crippen molar-refractivity contribution in [1.29, 1.82) is 0 Å². The van der Waals surface area contributed by atoms with Crippen molar-refractivity contribution in [2.45, 2.75) is 38.1 Å². The van der Waals surface area contributed by atoms with Crippen molar-refractivity contribution in [2.75, 3.05) is 31.1 Å². The van der Waals surface area contributed by atoms with Gasteiger partial charge >= 0.3 is 0 Å². The highest BCUT2D eigenvalue weighted by molar-refractivity contribution is 7.85. The van der Waals surface area contributed by atoms with Gasteiger partial charge in [-0.25, -0.2) is 0 Å². The van der Waals surface area contributed by atoms with E-state index in [0.29, 0.717) is 25.1 Å². The van der Waals surface area contributed by atoms with Crippen LogP contribution in [0.15, 0.2) is 48.1 Å². The van der Waals surface area contributed by atoms with Gasteiger partial charge in [0, 0.05) is 66.4 Å². The van der Waals surface area contributed by atoms with Gasteiger partial charge in [0.05, 0.1) is 12.7 Å². The molecule has 1 aromatic rings. The standard InChI is InChI=1S/C25H29N3O5S/c29-23-9-8-21(24(30)26-23)28-15-20-19(25(28)31)2-1-3-22(20)33-16-18-6-4-17(5-7-18)14-27-10-12-34(32)13-11-27/h1-7,20-22H,8-16H2,(H,26,29,30). The van der Waals surface area contributed by atoms with Crippen molar-refractivity contribution in [3.05, 3.63) is 59.2 Å². The van der Waals surface area contributed by atoms with Gasteiger partial charge < -0.3 is 9.64 Å². The first-order valence-electron chi connectivity index (χ1n) is 11.8. The number of piperidine rings is 1. The zero-order valence-corrected chi connectivity index (χ0v) is 19.8. The number of allylic oxidation sites excluding steroid dienone is 2. The second kappa shape index (κ2) is 9.93. The van der Waals surface area contributed by atoms with Crippen LogP contribution in [-0.2, 0) is 43.1 Å². The molecule has 0 spiro atoms. The number of benzene rings is 1. The van der Waals surface area contributed by atoms with E-state index in [1.807, 2.05) is 18.2 Å². The summed E-state index contributed by atoms with van der Waals surface area (Å²) in [6.45, 7) is 3.44. The molecule has 9 heteroatoms. The number of hydrogen-bond acceptors (Lipinski definition) is 6. The molecule has 1 N–H and O–H groups in total. The zero-order valence-electron chi connectivity index (χ0n) is 19.0. The van der Waals surface area contributed by atoms with Gasteiger partial charge in [-0.15, -0.1) is 0 Å². The maximum absolute atomic E-state index is 13.0. The Hall–Kier alpha value is -2.62.